The summed E-state index contributed by atoms with van der Waals surface area (Å²) in [5.41, 5.74) is 7.45. The summed E-state index contributed by atoms with van der Waals surface area (Å²) in [7, 11) is 0. The molecule has 0 saturated carbocycles. The quantitative estimate of drug-likeness (QED) is 0.591. The molecule has 84 valence electrons. The van der Waals surface area contributed by atoms with Crippen LogP contribution in [0.15, 0.2) is 36.7 Å². The van der Waals surface area contributed by atoms with Crippen LogP contribution in [0.25, 0.3) is 0 Å². The van der Waals surface area contributed by atoms with Crippen molar-refractivity contribution in [1.82, 2.24) is 0 Å². The van der Waals surface area contributed by atoms with Crippen molar-refractivity contribution in [1.29, 1.82) is 0 Å². The molecule has 0 saturated heterocycles. The summed E-state index contributed by atoms with van der Waals surface area (Å²) in [6, 6.07) is 8.05. The van der Waals surface area contributed by atoms with E-state index >= 15 is 0 Å². The SMILES string of the molecule is CC.CCc1ccc(N(N)/C=C\N)cc1. The van der Waals surface area contributed by atoms with Crippen LogP contribution in [0.1, 0.15) is 26.3 Å². The van der Waals surface area contributed by atoms with Crippen LogP contribution in [0.4, 0.5) is 5.69 Å². The molecule has 0 atom stereocenters. The minimum atomic E-state index is 0.930. The lowest BCUT2D eigenvalue weighted by atomic mass is 10.1. The van der Waals surface area contributed by atoms with E-state index in [1.807, 2.05) is 26.0 Å². The fourth-order valence-corrected chi connectivity index (χ4v) is 1.08. The lowest BCUT2D eigenvalue weighted by Crippen LogP contribution is -2.24. The Balaban J connectivity index is 0.000000921. The first-order valence-electron chi connectivity index (χ1n) is 5.29. The number of aryl methyl sites for hydroxylation is 1. The van der Waals surface area contributed by atoms with Gasteiger partial charge in [-0.1, -0.05) is 32.9 Å². The van der Waals surface area contributed by atoms with E-state index in [0.717, 1.165) is 12.1 Å². The lowest BCUT2D eigenvalue weighted by molar-refractivity contribution is 1.06. The normalized spacial score (nSPS) is 9.60. The number of nitrogens with zero attached hydrogens (tertiary/aromatic N) is 1. The van der Waals surface area contributed by atoms with E-state index in [4.69, 9.17) is 11.6 Å². The Labute approximate surface area is 92.3 Å². The number of benzene rings is 1. The van der Waals surface area contributed by atoms with E-state index in [2.05, 4.69) is 19.1 Å². The summed E-state index contributed by atoms with van der Waals surface area (Å²) in [5, 5.41) is 1.49. The fourth-order valence-electron chi connectivity index (χ4n) is 1.08. The van der Waals surface area contributed by atoms with Crippen LogP contribution in [0.2, 0.25) is 0 Å². The van der Waals surface area contributed by atoms with Crippen LogP contribution >= 0.6 is 0 Å². The Bertz CT molecular complexity index is 277. The fraction of sp³-hybridized carbons (Fsp3) is 0.333. The molecule has 0 fully saturated rings. The largest absolute Gasteiger partial charge is 0.403 e. The van der Waals surface area contributed by atoms with Crippen molar-refractivity contribution in [2.24, 2.45) is 11.6 Å². The monoisotopic (exact) mass is 207 g/mol. The molecule has 3 nitrogen and oxygen atoms in total. The van der Waals surface area contributed by atoms with Gasteiger partial charge in [0.15, 0.2) is 0 Å². The summed E-state index contributed by atoms with van der Waals surface area (Å²) in [5.74, 6) is 5.66. The molecule has 0 aromatic heterocycles. The van der Waals surface area contributed by atoms with Crippen molar-refractivity contribution >= 4 is 5.69 Å². The van der Waals surface area contributed by atoms with Gasteiger partial charge in [-0.3, -0.25) is 5.01 Å². The smallest absolute Gasteiger partial charge is 0.0569 e. The van der Waals surface area contributed by atoms with Crippen molar-refractivity contribution in [3.63, 3.8) is 0 Å². The minimum absolute atomic E-state index is 0.930. The molecule has 0 unspecified atom stereocenters. The van der Waals surface area contributed by atoms with Crippen molar-refractivity contribution in [2.75, 3.05) is 5.01 Å². The maximum atomic E-state index is 5.66. The van der Waals surface area contributed by atoms with Gasteiger partial charge in [-0.15, -0.1) is 0 Å². The van der Waals surface area contributed by atoms with E-state index in [9.17, 15) is 0 Å². The van der Waals surface area contributed by atoms with E-state index in [1.54, 1.807) is 6.20 Å². The number of hydrogen-bond acceptors (Lipinski definition) is 3. The Morgan fingerprint density at radius 2 is 1.73 bits per heavy atom. The highest BCUT2D eigenvalue weighted by molar-refractivity contribution is 5.48. The molecule has 1 aromatic rings. The lowest BCUT2D eigenvalue weighted by Gasteiger charge is -2.13. The van der Waals surface area contributed by atoms with Gasteiger partial charge in [0.1, 0.15) is 0 Å². The van der Waals surface area contributed by atoms with Gasteiger partial charge in [-0.05, 0) is 24.1 Å². The zero-order valence-electron chi connectivity index (χ0n) is 9.77. The summed E-state index contributed by atoms with van der Waals surface area (Å²) < 4.78 is 0. The van der Waals surface area contributed by atoms with Crippen molar-refractivity contribution in [2.45, 2.75) is 27.2 Å². The average Bonchev–Trinajstić information content (AvgIpc) is 2.32. The van der Waals surface area contributed by atoms with Crippen LogP contribution in [-0.2, 0) is 6.42 Å². The second kappa shape index (κ2) is 7.88. The highest BCUT2D eigenvalue weighted by Gasteiger charge is 1.95. The molecule has 0 amide bonds. The summed E-state index contributed by atoms with van der Waals surface area (Å²) in [6.07, 6.45) is 4.06. The van der Waals surface area contributed by atoms with Crippen LogP contribution in [0, 0.1) is 0 Å². The maximum absolute atomic E-state index is 5.66. The van der Waals surface area contributed by atoms with Crippen molar-refractivity contribution in [3.05, 3.63) is 42.2 Å². The number of anilines is 1. The van der Waals surface area contributed by atoms with Crippen LogP contribution in [-0.4, -0.2) is 0 Å². The van der Waals surface area contributed by atoms with Gasteiger partial charge in [0.2, 0.25) is 0 Å². The third kappa shape index (κ3) is 4.51. The number of hydrazine groups is 1. The highest BCUT2D eigenvalue weighted by Crippen LogP contribution is 2.12. The molecule has 0 aliphatic carbocycles. The molecule has 4 N–H and O–H groups in total. The predicted molar refractivity (Wildman–Crippen MR) is 67.2 cm³/mol. The number of hydrogen-bond donors (Lipinski definition) is 2. The highest BCUT2D eigenvalue weighted by atomic mass is 15.4. The second-order valence-corrected chi connectivity index (χ2v) is 2.77. The van der Waals surface area contributed by atoms with Gasteiger partial charge in [-0.25, -0.2) is 5.84 Å². The first kappa shape index (κ1) is 13.5. The molecule has 0 heterocycles. The van der Waals surface area contributed by atoms with E-state index < -0.39 is 0 Å². The standard InChI is InChI=1S/C10H15N3.C2H6/c1-2-9-3-5-10(6-4-9)13(12)8-7-11;1-2/h3-8H,2,11-12H2,1H3;1-2H3/b8-7-;. The van der Waals surface area contributed by atoms with Crippen LogP contribution in [0.3, 0.4) is 0 Å². The Morgan fingerprint density at radius 3 is 2.13 bits per heavy atom. The maximum Gasteiger partial charge on any atom is 0.0569 e. The summed E-state index contributed by atoms with van der Waals surface area (Å²) >= 11 is 0. The molecule has 0 spiro atoms. The molecule has 0 aliphatic rings. The molecular formula is C12H21N3. The topological polar surface area (TPSA) is 55.3 Å². The van der Waals surface area contributed by atoms with E-state index in [-0.39, 0.29) is 0 Å². The Hall–Kier alpha value is -1.48. The molecule has 0 aliphatic heterocycles. The van der Waals surface area contributed by atoms with Gasteiger partial charge < -0.3 is 5.73 Å². The first-order valence-corrected chi connectivity index (χ1v) is 5.29. The summed E-state index contributed by atoms with van der Waals surface area (Å²) in [6.45, 7) is 6.12. The van der Waals surface area contributed by atoms with Gasteiger partial charge in [0, 0.05) is 12.4 Å². The van der Waals surface area contributed by atoms with Gasteiger partial charge in [-0.2, -0.15) is 0 Å². The first-order chi connectivity index (χ1) is 7.27. The Morgan fingerprint density at radius 1 is 1.20 bits per heavy atom. The molecule has 0 radical (unpaired) electrons. The van der Waals surface area contributed by atoms with E-state index in [1.165, 1.54) is 16.8 Å². The zero-order chi connectivity index (χ0) is 11.7. The predicted octanol–water partition coefficient (Wildman–Crippen LogP) is 2.39. The van der Waals surface area contributed by atoms with Crippen molar-refractivity contribution < 1.29 is 0 Å². The van der Waals surface area contributed by atoms with Gasteiger partial charge >= 0.3 is 0 Å². The molecule has 1 rings (SSSR count). The van der Waals surface area contributed by atoms with Gasteiger partial charge in [0.25, 0.3) is 0 Å². The molecule has 15 heavy (non-hydrogen) atoms. The third-order valence-corrected chi connectivity index (χ3v) is 1.89. The number of rotatable bonds is 3. The number of nitrogens with two attached hydrogens (primary N) is 2. The average molecular weight is 207 g/mol. The molecule has 0 bridgehead atoms. The van der Waals surface area contributed by atoms with E-state index in [0.29, 0.717) is 0 Å². The molecule has 1 aromatic carbocycles. The summed E-state index contributed by atoms with van der Waals surface area (Å²) in [4.78, 5) is 0. The van der Waals surface area contributed by atoms with Gasteiger partial charge in [0.05, 0.1) is 5.69 Å². The Kier molecular flexibility index (Phi) is 7.10. The van der Waals surface area contributed by atoms with Crippen molar-refractivity contribution in [3.8, 4) is 0 Å². The van der Waals surface area contributed by atoms with Crippen LogP contribution in [0.5, 0.6) is 0 Å². The second-order valence-electron chi connectivity index (χ2n) is 2.77. The third-order valence-electron chi connectivity index (χ3n) is 1.89. The zero-order valence-corrected chi connectivity index (χ0v) is 9.77. The molecule has 3 heteroatoms. The molecular weight excluding hydrogens is 186 g/mol. The van der Waals surface area contributed by atoms with Crippen LogP contribution < -0.4 is 16.6 Å². The minimum Gasteiger partial charge on any atom is -0.403 e.